The van der Waals surface area contributed by atoms with Gasteiger partial charge in [-0.2, -0.15) is 13.2 Å². The molecule has 0 aliphatic rings. The van der Waals surface area contributed by atoms with Crippen LogP contribution in [0.15, 0.2) is 65.4 Å². The van der Waals surface area contributed by atoms with Gasteiger partial charge in [0.05, 0.1) is 12.1 Å². The summed E-state index contributed by atoms with van der Waals surface area (Å²) in [6.45, 7) is 2.49. The van der Waals surface area contributed by atoms with Crippen molar-refractivity contribution in [1.82, 2.24) is 25.1 Å². The van der Waals surface area contributed by atoms with Gasteiger partial charge in [0.2, 0.25) is 5.89 Å². The molecule has 10 heteroatoms. The molecule has 2 aromatic carbocycles. The maximum absolute atomic E-state index is 13.0. The fraction of sp³-hybridized carbons (Fsp3) is 0.333. The molecule has 1 amide bonds. The molecule has 0 fully saturated rings. The summed E-state index contributed by atoms with van der Waals surface area (Å²) in [5.74, 6) is 0.0496. The molecule has 4 aromatic rings. The summed E-state index contributed by atoms with van der Waals surface area (Å²) in [4.78, 5) is 24.0. The van der Waals surface area contributed by atoms with E-state index in [2.05, 4.69) is 21.4 Å². The highest BCUT2D eigenvalue weighted by atomic mass is 19.4. The lowest BCUT2D eigenvalue weighted by Gasteiger charge is -2.21. The summed E-state index contributed by atoms with van der Waals surface area (Å²) < 4.78 is 44.5. The van der Waals surface area contributed by atoms with E-state index in [1.165, 1.54) is 18.4 Å². The van der Waals surface area contributed by atoms with Crippen molar-refractivity contribution in [2.75, 3.05) is 33.7 Å². The van der Waals surface area contributed by atoms with Crippen LogP contribution in [0.25, 0.3) is 10.9 Å². The van der Waals surface area contributed by atoms with Gasteiger partial charge in [-0.1, -0.05) is 30.3 Å². The number of amides is 1. The number of carbonyl (C=O) groups excluding carboxylic acids is 1. The fourth-order valence-electron chi connectivity index (χ4n) is 4.05. The van der Waals surface area contributed by atoms with E-state index in [1.807, 2.05) is 48.3 Å². The first kappa shape index (κ1) is 26.4. The van der Waals surface area contributed by atoms with Crippen LogP contribution < -0.4 is 5.32 Å². The van der Waals surface area contributed by atoms with Crippen LogP contribution in [0.1, 0.15) is 33.1 Å². The molecule has 2 heterocycles. The quantitative estimate of drug-likeness (QED) is 0.304. The van der Waals surface area contributed by atoms with E-state index in [0.717, 1.165) is 34.2 Å². The highest BCUT2D eigenvalue weighted by Gasteiger charge is 2.30. The van der Waals surface area contributed by atoms with Crippen molar-refractivity contribution in [3.8, 4) is 0 Å². The molecule has 7 nitrogen and oxygen atoms in total. The smallest absolute Gasteiger partial charge is 0.416 e. The van der Waals surface area contributed by atoms with E-state index in [1.54, 1.807) is 0 Å². The molecule has 0 aliphatic carbocycles. The molecule has 2 aromatic heterocycles. The van der Waals surface area contributed by atoms with Crippen LogP contribution >= 0.6 is 0 Å². The zero-order chi connectivity index (χ0) is 26.4. The molecular weight excluding hydrogens is 483 g/mol. The van der Waals surface area contributed by atoms with Crippen molar-refractivity contribution in [3.05, 3.63) is 89.3 Å². The minimum Gasteiger partial charge on any atom is -0.447 e. The molecule has 0 unspecified atom stereocenters. The van der Waals surface area contributed by atoms with E-state index < -0.39 is 11.7 Å². The summed E-state index contributed by atoms with van der Waals surface area (Å²) in [5, 5.41) is 3.93. The predicted molar refractivity (Wildman–Crippen MR) is 135 cm³/mol. The van der Waals surface area contributed by atoms with Gasteiger partial charge >= 0.3 is 6.18 Å². The number of nitrogens with one attached hydrogen (secondary N) is 2. The summed E-state index contributed by atoms with van der Waals surface area (Å²) >= 11 is 0. The number of hydrogen-bond acceptors (Lipinski definition) is 5. The van der Waals surface area contributed by atoms with Gasteiger partial charge in [-0.3, -0.25) is 9.69 Å². The molecule has 0 atom stereocenters. The van der Waals surface area contributed by atoms with Crippen molar-refractivity contribution in [3.63, 3.8) is 0 Å². The number of benzene rings is 2. The van der Waals surface area contributed by atoms with Crippen molar-refractivity contribution >= 4 is 16.8 Å². The molecule has 0 radical (unpaired) electrons. The second-order valence-corrected chi connectivity index (χ2v) is 9.20. The number of likely N-dealkylation sites (N-methyl/N-ethyl adjacent to an activating group) is 1. The first-order chi connectivity index (χ1) is 17.7. The van der Waals surface area contributed by atoms with Gasteiger partial charge in [0.25, 0.3) is 5.91 Å². The Morgan fingerprint density at radius 1 is 1.05 bits per heavy atom. The van der Waals surface area contributed by atoms with Gasteiger partial charge in [-0.25, -0.2) is 4.98 Å². The van der Waals surface area contributed by atoms with Crippen LogP contribution in [0.5, 0.6) is 0 Å². The molecule has 37 heavy (non-hydrogen) atoms. The van der Waals surface area contributed by atoms with E-state index in [0.29, 0.717) is 45.0 Å². The van der Waals surface area contributed by atoms with Crippen molar-refractivity contribution in [2.24, 2.45) is 0 Å². The molecule has 0 aliphatic heterocycles. The van der Waals surface area contributed by atoms with E-state index in [9.17, 15) is 18.0 Å². The van der Waals surface area contributed by atoms with Gasteiger partial charge in [-0.05, 0) is 49.8 Å². The third kappa shape index (κ3) is 7.21. The SMILES string of the molecule is CN(C)CCNC(=O)c1coc(CN(CCc2c[nH]c3ccccc23)Cc2ccc(C(F)(F)F)cc2)n1. The monoisotopic (exact) mass is 513 g/mol. The number of halogens is 3. The standard InChI is InChI=1S/C27H30F3N5O2/c1-34(2)14-12-31-26(36)24-18-37-25(33-24)17-35(16-19-7-9-21(10-8-19)27(28,29)30)13-11-20-15-32-23-6-4-3-5-22(20)23/h3-10,15,18,32H,11-14,16-17H2,1-2H3,(H,31,36). The highest BCUT2D eigenvalue weighted by Crippen LogP contribution is 2.29. The Labute approximate surface area is 213 Å². The summed E-state index contributed by atoms with van der Waals surface area (Å²) in [5.41, 5.74) is 2.44. The number of carbonyl (C=O) groups is 1. The van der Waals surface area contributed by atoms with Gasteiger partial charge in [0.15, 0.2) is 5.69 Å². The second-order valence-electron chi connectivity index (χ2n) is 9.20. The maximum Gasteiger partial charge on any atom is 0.416 e. The number of rotatable bonds is 11. The Hall–Kier alpha value is -3.63. The minimum absolute atomic E-state index is 0.194. The molecule has 0 bridgehead atoms. The lowest BCUT2D eigenvalue weighted by atomic mass is 10.1. The topological polar surface area (TPSA) is 77.4 Å². The van der Waals surface area contributed by atoms with Crippen LogP contribution in [-0.2, 0) is 25.7 Å². The molecule has 0 saturated carbocycles. The summed E-state index contributed by atoms with van der Waals surface area (Å²) in [6, 6.07) is 13.2. The van der Waals surface area contributed by atoms with Gasteiger partial charge < -0.3 is 19.6 Å². The fourth-order valence-corrected chi connectivity index (χ4v) is 4.05. The van der Waals surface area contributed by atoms with E-state index in [-0.39, 0.29) is 11.6 Å². The van der Waals surface area contributed by atoms with Crippen LogP contribution in [0.2, 0.25) is 0 Å². The molecule has 4 rings (SSSR count). The average Bonchev–Trinajstić information content (AvgIpc) is 3.49. The number of H-pyrrole nitrogens is 1. The van der Waals surface area contributed by atoms with Crippen molar-refractivity contribution < 1.29 is 22.4 Å². The van der Waals surface area contributed by atoms with Crippen LogP contribution in [-0.4, -0.2) is 59.4 Å². The van der Waals surface area contributed by atoms with Crippen LogP contribution in [0.4, 0.5) is 13.2 Å². The molecule has 0 saturated heterocycles. The minimum atomic E-state index is -4.38. The van der Waals surface area contributed by atoms with Gasteiger partial charge in [0.1, 0.15) is 6.26 Å². The third-order valence-electron chi connectivity index (χ3n) is 6.05. The second kappa shape index (κ2) is 11.6. The highest BCUT2D eigenvalue weighted by molar-refractivity contribution is 5.91. The number of nitrogens with zero attached hydrogens (tertiary/aromatic N) is 3. The lowest BCUT2D eigenvalue weighted by Crippen LogP contribution is -2.31. The zero-order valence-electron chi connectivity index (χ0n) is 20.8. The van der Waals surface area contributed by atoms with Crippen molar-refractivity contribution in [2.45, 2.75) is 25.7 Å². The Morgan fingerprint density at radius 2 is 1.81 bits per heavy atom. The Morgan fingerprint density at radius 3 is 2.54 bits per heavy atom. The largest absolute Gasteiger partial charge is 0.447 e. The number of alkyl halides is 3. The summed E-state index contributed by atoms with van der Waals surface area (Å²) in [6.07, 6.45) is -0.364. The number of para-hydroxylation sites is 1. The van der Waals surface area contributed by atoms with Crippen LogP contribution in [0.3, 0.4) is 0 Å². The molecular formula is C27H30F3N5O2. The Kier molecular flexibility index (Phi) is 8.30. The van der Waals surface area contributed by atoms with Gasteiger partial charge in [0, 0.05) is 43.3 Å². The number of hydrogen-bond donors (Lipinski definition) is 2. The first-order valence-corrected chi connectivity index (χ1v) is 12.0. The van der Waals surface area contributed by atoms with E-state index >= 15 is 0 Å². The van der Waals surface area contributed by atoms with Crippen molar-refractivity contribution in [1.29, 1.82) is 0 Å². The maximum atomic E-state index is 13.0. The number of oxazole rings is 1. The number of fused-ring (bicyclic) bond motifs is 1. The first-order valence-electron chi connectivity index (χ1n) is 12.0. The Balaban J connectivity index is 1.46. The summed E-state index contributed by atoms with van der Waals surface area (Å²) in [7, 11) is 3.84. The Bertz CT molecular complexity index is 1310. The third-order valence-corrected chi connectivity index (χ3v) is 6.05. The van der Waals surface area contributed by atoms with E-state index in [4.69, 9.17) is 4.42 Å². The van der Waals surface area contributed by atoms with Gasteiger partial charge in [-0.15, -0.1) is 0 Å². The van der Waals surface area contributed by atoms with Crippen LogP contribution in [0, 0.1) is 0 Å². The normalized spacial score (nSPS) is 12.1. The average molecular weight is 514 g/mol. The molecule has 2 N–H and O–H groups in total. The number of aromatic nitrogens is 2. The predicted octanol–water partition coefficient (Wildman–Crippen LogP) is 4.71. The molecule has 196 valence electrons. The molecule has 0 spiro atoms. The zero-order valence-corrected chi connectivity index (χ0v) is 20.8. The lowest BCUT2D eigenvalue weighted by molar-refractivity contribution is -0.137. The number of aromatic amines is 1.